The molecule has 0 radical (unpaired) electrons. The lowest BCUT2D eigenvalue weighted by Crippen LogP contribution is -2.19. The van der Waals surface area contributed by atoms with Crippen molar-refractivity contribution in [3.05, 3.63) is 39.5 Å². The second-order valence-electron chi connectivity index (χ2n) is 3.43. The number of ketones is 1. The molecular formula is C11H6Cl2N2O3. The van der Waals surface area contributed by atoms with E-state index in [0.717, 1.165) is 0 Å². The number of hydrogen-bond donors (Lipinski definition) is 2. The number of hydrogen-bond acceptors (Lipinski definition) is 4. The maximum absolute atomic E-state index is 11.6. The minimum atomic E-state index is -0.767. The number of amides is 1. The Bertz CT molecular complexity index is 588. The Hall–Kier alpha value is -1.85. The molecule has 1 amide bonds. The van der Waals surface area contributed by atoms with E-state index in [2.05, 4.69) is 10.5 Å². The molecule has 1 aromatic carbocycles. The topological polar surface area (TPSA) is 78.8 Å². The Labute approximate surface area is 112 Å². The zero-order valence-electron chi connectivity index (χ0n) is 8.78. The number of nitrogens with zero attached hydrogens (tertiary/aromatic N) is 1. The van der Waals surface area contributed by atoms with E-state index in [1.807, 2.05) is 0 Å². The van der Waals surface area contributed by atoms with Crippen molar-refractivity contribution in [2.45, 2.75) is 0 Å². The highest BCUT2D eigenvalue weighted by Gasteiger charge is 2.33. The summed E-state index contributed by atoms with van der Waals surface area (Å²) in [6.45, 7) is 0. The van der Waals surface area contributed by atoms with E-state index >= 15 is 0 Å². The third-order valence-corrected chi connectivity index (χ3v) is 2.97. The van der Waals surface area contributed by atoms with Crippen LogP contribution in [0.3, 0.4) is 0 Å². The van der Waals surface area contributed by atoms with Gasteiger partial charge in [0.05, 0.1) is 5.70 Å². The molecule has 1 aromatic rings. The fourth-order valence-corrected chi connectivity index (χ4v) is 1.96. The van der Waals surface area contributed by atoms with Gasteiger partial charge in [-0.1, -0.05) is 34.4 Å². The Kier molecular flexibility index (Phi) is 3.36. The summed E-state index contributed by atoms with van der Waals surface area (Å²) in [5.41, 5.74) is -0.198. The van der Waals surface area contributed by atoms with Crippen LogP contribution in [0.1, 0.15) is 5.56 Å². The molecule has 2 N–H and O–H groups in total. The van der Waals surface area contributed by atoms with E-state index in [-0.39, 0.29) is 5.70 Å². The first-order valence-corrected chi connectivity index (χ1v) is 5.54. The van der Waals surface area contributed by atoms with Crippen LogP contribution in [-0.4, -0.2) is 22.6 Å². The van der Waals surface area contributed by atoms with Gasteiger partial charge < -0.3 is 10.5 Å². The van der Waals surface area contributed by atoms with Crippen molar-refractivity contribution in [2.24, 2.45) is 5.16 Å². The maximum atomic E-state index is 11.6. The quantitative estimate of drug-likeness (QED) is 0.469. The van der Waals surface area contributed by atoms with Crippen LogP contribution in [0.15, 0.2) is 29.1 Å². The van der Waals surface area contributed by atoms with Gasteiger partial charge in [-0.3, -0.25) is 9.59 Å². The monoisotopic (exact) mass is 284 g/mol. The first kappa shape index (κ1) is 12.6. The van der Waals surface area contributed by atoms with Crippen LogP contribution >= 0.6 is 23.2 Å². The van der Waals surface area contributed by atoms with Crippen molar-refractivity contribution in [1.29, 1.82) is 0 Å². The van der Waals surface area contributed by atoms with Gasteiger partial charge in [0, 0.05) is 15.6 Å². The average Bonchev–Trinajstić information content (AvgIpc) is 2.59. The van der Waals surface area contributed by atoms with Crippen molar-refractivity contribution in [3.63, 3.8) is 0 Å². The summed E-state index contributed by atoms with van der Waals surface area (Å²) in [5.74, 6) is -1.48. The molecule has 7 heteroatoms. The van der Waals surface area contributed by atoms with Crippen molar-refractivity contribution < 1.29 is 14.8 Å². The molecule has 0 unspecified atom stereocenters. The third-order valence-electron chi connectivity index (χ3n) is 2.31. The minimum absolute atomic E-state index is 0.0391. The van der Waals surface area contributed by atoms with Crippen LogP contribution < -0.4 is 5.32 Å². The number of rotatable bonds is 1. The molecule has 0 atom stereocenters. The highest BCUT2D eigenvalue weighted by Crippen LogP contribution is 2.27. The molecule has 5 nitrogen and oxygen atoms in total. The molecule has 18 heavy (non-hydrogen) atoms. The van der Waals surface area contributed by atoms with E-state index in [9.17, 15) is 9.59 Å². The Morgan fingerprint density at radius 3 is 2.33 bits per heavy atom. The molecule has 0 saturated carbocycles. The zero-order valence-corrected chi connectivity index (χ0v) is 10.3. The smallest absolute Gasteiger partial charge is 0.281 e. The molecule has 1 fully saturated rings. The molecule has 1 aliphatic rings. The molecule has 2 rings (SSSR count). The van der Waals surface area contributed by atoms with Gasteiger partial charge in [-0.25, -0.2) is 0 Å². The fourth-order valence-electron chi connectivity index (χ4n) is 1.45. The van der Waals surface area contributed by atoms with Gasteiger partial charge in [0.25, 0.3) is 5.91 Å². The Morgan fingerprint density at radius 2 is 1.83 bits per heavy atom. The van der Waals surface area contributed by atoms with Crippen LogP contribution in [0.4, 0.5) is 0 Å². The van der Waals surface area contributed by atoms with Crippen molar-refractivity contribution >= 4 is 46.7 Å². The van der Waals surface area contributed by atoms with Gasteiger partial charge in [-0.2, -0.15) is 0 Å². The van der Waals surface area contributed by atoms with Crippen LogP contribution in [0.25, 0.3) is 6.08 Å². The van der Waals surface area contributed by atoms with Crippen LogP contribution in [-0.2, 0) is 9.59 Å². The number of oxime groups is 1. The minimum Gasteiger partial charge on any atom is -0.410 e. The molecule has 1 heterocycles. The summed E-state index contributed by atoms with van der Waals surface area (Å²) < 4.78 is 0. The number of nitrogens with one attached hydrogen (secondary N) is 1. The predicted molar refractivity (Wildman–Crippen MR) is 66.8 cm³/mol. The standard InChI is InChI=1S/C11H6Cl2N2O3/c12-6-2-1-3-7(13)5(6)4-8-10(16)9(15-18)11(17)14-8/h1-4,18H,(H,14,17)/b8-4+,15-9-. The predicted octanol–water partition coefficient (Wildman–Crippen LogP) is 1.86. The highest BCUT2D eigenvalue weighted by molar-refractivity contribution is 6.72. The van der Waals surface area contributed by atoms with Gasteiger partial charge in [-0.05, 0) is 18.2 Å². The van der Waals surface area contributed by atoms with Crippen molar-refractivity contribution in [1.82, 2.24) is 5.32 Å². The van der Waals surface area contributed by atoms with Crippen LogP contribution in [0.5, 0.6) is 0 Å². The van der Waals surface area contributed by atoms with Crippen LogP contribution in [0.2, 0.25) is 10.0 Å². The number of allylic oxidation sites excluding steroid dienone is 1. The molecule has 0 spiro atoms. The van der Waals surface area contributed by atoms with E-state index in [1.165, 1.54) is 6.08 Å². The fraction of sp³-hybridized carbons (Fsp3) is 0. The SMILES string of the molecule is O=C1N/C(=C/c2c(Cl)cccc2Cl)C(=O)/C1=N/O. The molecule has 0 bridgehead atoms. The summed E-state index contributed by atoms with van der Waals surface area (Å²) >= 11 is 11.9. The van der Waals surface area contributed by atoms with Gasteiger partial charge in [-0.15, -0.1) is 0 Å². The van der Waals surface area contributed by atoms with E-state index in [1.54, 1.807) is 18.2 Å². The summed E-state index contributed by atoms with van der Waals surface area (Å²) in [4.78, 5) is 22.9. The lowest BCUT2D eigenvalue weighted by molar-refractivity contribution is -0.113. The number of halogens is 2. The normalized spacial score (nSPS) is 19.7. The summed E-state index contributed by atoms with van der Waals surface area (Å²) in [6, 6.07) is 4.85. The number of carbonyl (C=O) groups excluding carboxylic acids is 2. The average molecular weight is 285 g/mol. The number of Topliss-reactive ketones (excluding diaryl/α,β-unsaturated/α-hetero) is 1. The second-order valence-corrected chi connectivity index (χ2v) is 4.24. The molecule has 92 valence electrons. The maximum Gasteiger partial charge on any atom is 0.281 e. The van der Waals surface area contributed by atoms with Crippen LogP contribution in [0, 0.1) is 0 Å². The Morgan fingerprint density at radius 1 is 1.22 bits per heavy atom. The largest absolute Gasteiger partial charge is 0.410 e. The lowest BCUT2D eigenvalue weighted by atomic mass is 10.1. The molecule has 0 aliphatic carbocycles. The van der Waals surface area contributed by atoms with Crippen molar-refractivity contribution in [2.75, 3.05) is 0 Å². The lowest BCUT2D eigenvalue weighted by Gasteiger charge is -2.02. The first-order valence-electron chi connectivity index (χ1n) is 4.78. The van der Waals surface area contributed by atoms with E-state index < -0.39 is 17.4 Å². The highest BCUT2D eigenvalue weighted by atomic mass is 35.5. The van der Waals surface area contributed by atoms with Gasteiger partial charge >= 0.3 is 0 Å². The molecular weight excluding hydrogens is 279 g/mol. The number of benzene rings is 1. The summed E-state index contributed by atoms with van der Waals surface area (Å²) in [5, 5.41) is 14.1. The van der Waals surface area contributed by atoms with Crippen molar-refractivity contribution in [3.8, 4) is 0 Å². The second kappa shape index (κ2) is 4.80. The van der Waals surface area contributed by atoms with E-state index in [4.69, 9.17) is 28.4 Å². The van der Waals surface area contributed by atoms with Gasteiger partial charge in [0.15, 0.2) is 0 Å². The number of carbonyl (C=O) groups is 2. The molecule has 1 saturated heterocycles. The van der Waals surface area contributed by atoms with Gasteiger partial charge in [0.1, 0.15) is 0 Å². The third kappa shape index (κ3) is 2.10. The molecule has 0 aromatic heterocycles. The summed E-state index contributed by atoms with van der Waals surface area (Å²) in [7, 11) is 0. The Balaban J connectivity index is 2.48. The molecule has 1 aliphatic heterocycles. The summed E-state index contributed by atoms with van der Waals surface area (Å²) in [6.07, 6.45) is 1.34. The van der Waals surface area contributed by atoms with Gasteiger partial charge in [0.2, 0.25) is 11.5 Å². The first-order chi connectivity index (χ1) is 8.54. The zero-order chi connectivity index (χ0) is 13.3. The van der Waals surface area contributed by atoms with E-state index in [0.29, 0.717) is 15.6 Å².